The summed E-state index contributed by atoms with van der Waals surface area (Å²) in [6.45, 7) is 0. The van der Waals surface area contributed by atoms with Crippen LogP contribution in [-0.4, -0.2) is 31.9 Å². The average molecular weight is 243 g/mol. The molecule has 0 aromatic heterocycles. The van der Waals surface area contributed by atoms with Crippen molar-refractivity contribution in [2.45, 2.75) is 4.90 Å². The van der Waals surface area contributed by atoms with Gasteiger partial charge in [-0.1, -0.05) is 0 Å². The zero-order valence-corrected chi connectivity index (χ0v) is 9.43. The second-order valence-electron chi connectivity index (χ2n) is 3.37. The zero-order chi connectivity index (χ0) is 12.1. The molecule has 0 spiro atoms. The second kappa shape index (κ2) is 3.16. The Hall–Kier alpha value is -1.67. The number of nitro groups is 1. The molecule has 0 saturated carbocycles. The van der Waals surface area contributed by atoms with Gasteiger partial charge in [-0.05, 0) is 6.07 Å². The molecule has 1 aromatic rings. The molecule has 0 radical (unpaired) electrons. The lowest BCUT2D eigenvalue weighted by molar-refractivity contribution is -0.385. The van der Waals surface area contributed by atoms with Crippen molar-refractivity contribution in [3.05, 3.63) is 28.3 Å². The van der Waals surface area contributed by atoms with Gasteiger partial charge in [-0.15, -0.1) is 4.41 Å². The van der Waals surface area contributed by atoms with Crippen molar-refractivity contribution < 1.29 is 13.3 Å². The summed E-state index contributed by atoms with van der Waals surface area (Å²) in [6.07, 6.45) is 0. The van der Waals surface area contributed by atoms with Crippen molar-refractivity contribution in [1.82, 2.24) is 4.41 Å². The Morgan fingerprint density at radius 1 is 1.31 bits per heavy atom. The number of benzene rings is 1. The van der Waals surface area contributed by atoms with Crippen LogP contribution < -0.4 is 5.01 Å². The largest absolute Gasteiger partial charge is 0.294 e. The Balaban J connectivity index is 2.70. The van der Waals surface area contributed by atoms with Gasteiger partial charge in [0.1, 0.15) is 4.90 Å². The Morgan fingerprint density at radius 2 is 1.94 bits per heavy atom. The summed E-state index contributed by atoms with van der Waals surface area (Å²) in [7, 11) is -0.666. The highest BCUT2D eigenvalue weighted by molar-refractivity contribution is 7.89. The van der Waals surface area contributed by atoms with Gasteiger partial charge in [-0.3, -0.25) is 15.1 Å². The first kappa shape index (κ1) is 10.8. The minimum atomic E-state index is -3.63. The van der Waals surface area contributed by atoms with Gasteiger partial charge in [0, 0.05) is 26.2 Å². The monoisotopic (exact) mass is 243 g/mol. The highest BCUT2D eigenvalue weighted by Crippen LogP contribution is 2.37. The van der Waals surface area contributed by atoms with E-state index in [0.717, 1.165) is 10.5 Å². The SMILES string of the molecule is CN1c2ccc([N+](=O)[O-])cc2S(=O)(=O)N1C. The molecular formula is C8H9N3O4S. The number of hydrogen-bond donors (Lipinski definition) is 0. The van der Waals surface area contributed by atoms with Crippen molar-refractivity contribution in [2.75, 3.05) is 19.1 Å². The fourth-order valence-corrected chi connectivity index (χ4v) is 2.97. The van der Waals surface area contributed by atoms with Crippen LogP contribution in [0.2, 0.25) is 0 Å². The third-order valence-corrected chi connectivity index (χ3v) is 4.37. The van der Waals surface area contributed by atoms with E-state index in [4.69, 9.17) is 0 Å². The fraction of sp³-hybridized carbons (Fsp3) is 0.250. The van der Waals surface area contributed by atoms with Crippen LogP contribution in [0.25, 0.3) is 0 Å². The molecule has 7 nitrogen and oxygen atoms in total. The molecule has 0 saturated heterocycles. The molecule has 0 unspecified atom stereocenters. The Bertz CT molecular complexity index is 569. The minimum absolute atomic E-state index is 0.0355. The summed E-state index contributed by atoms with van der Waals surface area (Å²) >= 11 is 0. The summed E-state index contributed by atoms with van der Waals surface area (Å²) < 4.78 is 24.7. The van der Waals surface area contributed by atoms with Crippen molar-refractivity contribution in [2.24, 2.45) is 0 Å². The molecule has 16 heavy (non-hydrogen) atoms. The molecule has 8 heteroatoms. The first-order valence-electron chi connectivity index (χ1n) is 4.36. The number of nitrogens with zero attached hydrogens (tertiary/aromatic N) is 3. The molecular weight excluding hydrogens is 234 g/mol. The van der Waals surface area contributed by atoms with Crippen LogP contribution in [-0.2, 0) is 10.0 Å². The second-order valence-corrected chi connectivity index (χ2v) is 5.29. The maximum Gasteiger partial charge on any atom is 0.270 e. The van der Waals surface area contributed by atoms with E-state index in [9.17, 15) is 18.5 Å². The number of fused-ring (bicyclic) bond motifs is 1. The van der Waals surface area contributed by atoms with Gasteiger partial charge in [0.25, 0.3) is 15.7 Å². The highest BCUT2D eigenvalue weighted by atomic mass is 32.2. The van der Waals surface area contributed by atoms with E-state index in [1.807, 2.05) is 0 Å². The predicted molar refractivity (Wildman–Crippen MR) is 56.4 cm³/mol. The first-order chi connectivity index (χ1) is 7.35. The molecule has 2 rings (SSSR count). The summed E-state index contributed by atoms with van der Waals surface area (Å²) in [6, 6.07) is 3.78. The molecule has 0 bridgehead atoms. The molecule has 86 valence electrons. The van der Waals surface area contributed by atoms with E-state index >= 15 is 0 Å². The number of hydrogen-bond acceptors (Lipinski definition) is 5. The van der Waals surface area contributed by atoms with Crippen LogP contribution in [0.15, 0.2) is 23.1 Å². The Labute approximate surface area is 92.1 Å². The van der Waals surface area contributed by atoms with Crippen molar-refractivity contribution >= 4 is 21.4 Å². The molecule has 0 atom stereocenters. The third-order valence-electron chi connectivity index (χ3n) is 2.55. The van der Waals surface area contributed by atoms with Gasteiger partial charge >= 0.3 is 0 Å². The van der Waals surface area contributed by atoms with Gasteiger partial charge in [-0.2, -0.15) is 0 Å². The fourth-order valence-electron chi connectivity index (χ4n) is 1.55. The number of non-ortho nitro benzene ring substituents is 1. The third kappa shape index (κ3) is 1.27. The first-order valence-corrected chi connectivity index (χ1v) is 5.80. The standard InChI is InChI=1S/C8H9N3O4S/c1-9-7-4-3-6(11(12)13)5-8(7)16(14,15)10(9)2/h3-5H,1-2H3. The molecule has 1 aromatic carbocycles. The summed E-state index contributed by atoms with van der Waals surface area (Å²) in [5, 5.41) is 12.0. The molecule has 0 amide bonds. The molecule has 0 fully saturated rings. The van der Waals surface area contributed by atoms with Crippen LogP contribution >= 0.6 is 0 Å². The average Bonchev–Trinajstić information content (AvgIpc) is 2.40. The van der Waals surface area contributed by atoms with E-state index in [1.54, 1.807) is 7.05 Å². The lowest BCUT2D eigenvalue weighted by atomic mass is 10.3. The zero-order valence-electron chi connectivity index (χ0n) is 8.61. The Morgan fingerprint density at radius 3 is 2.50 bits per heavy atom. The molecule has 0 N–H and O–H groups in total. The quantitative estimate of drug-likeness (QED) is 0.532. The van der Waals surface area contributed by atoms with Gasteiger partial charge in [0.15, 0.2) is 0 Å². The summed E-state index contributed by atoms with van der Waals surface area (Å²) in [5.41, 5.74) is 0.208. The number of hydrazine groups is 1. The molecule has 1 aliphatic rings. The number of rotatable bonds is 1. The van der Waals surface area contributed by atoms with E-state index in [0.29, 0.717) is 5.69 Å². The number of anilines is 1. The summed E-state index contributed by atoms with van der Waals surface area (Å²) in [4.78, 5) is 9.91. The van der Waals surface area contributed by atoms with Gasteiger partial charge in [0.2, 0.25) is 0 Å². The van der Waals surface area contributed by atoms with E-state index in [-0.39, 0.29) is 10.6 Å². The lowest BCUT2D eigenvalue weighted by Crippen LogP contribution is -2.34. The van der Waals surface area contributed by atoms with Crippen LogP contribution in [0, 0.1) is 10.1 Å². The molecule has 0 aliphatic carbocycles. The molecule has 1 heterocycles. The smallest absolute Gasteiger partial charge is 0.270 e. The van der Waals surface area contributed by atoms with Crippen molar-refractivity contribution in [3.8, 4) is 0 Å². The van der Waals surface area contributed by atoms with E-state index in [2.05, 4.69) is 0 Å². The Kier molecular flexibility index (Phi) is 2.14. The van der Waals surface area contributed by atoms with Gasteiger partial charge < -0.3 is 0 Å². The van der Waals surface area contributed by atoms with Crippen molar-refractivity contribution in [1.29, 1.82) is 0 Å². The lowest BCUT2D eigenvalue weighted by Gasteiger charge is -2.18. The normalized spacial score (nSPS) is 18.5. The topological polar surface area (TPSA) is 83.8 Å². The van der Waals surface area contributed by atoms with Gasteiger partial charge in [0.05, 0.1) is 10.6 Å². The van der Waals surface area contributed by atoms with Gasteiger partial charge in [-0.25, -0.2) is 8.42 Å². The van der Waals surface area contributed by atoms with E-state index in [1.165, 1.54) is 24.2 Å². The van der Waals surface area contributed by atoms with Crippen LogP contribution in [0.5, 0.6) is 0 Å². The van der Waals surface area contributed by atoms with Crippen LogP contribution in [0.1, 0.15) is 0 Å². The van der Waals surface area contributed by atoms with Crippen LogP contribution in [0.4, 0.5) is 11.4 Å². The maximum atomic E-state index is 11.8. The predicted octanol–water partition coefficient (Wildman–Crippen LogP) is 0.580. The van der Waals surface area contributed by atoms with Crippen LogP contribution in [0.3, 0.4) is 0 Å². The van der Waals surface area contributed by atoms with Crippen molar-refractivity contribution in [3.63, 3.8) is 0 Å². The molecule has 1 aliphatic heterocycles. The highest BCUT2D eigenvalue weighted by Gasteiger charge is 2.37. The number of nitro benzene ring substituents is 1. The van der Waals surface area contributed by atoms with E-state index < -0.39 is 14.9 Å². The number of sulfonamides is 1. The maximum absolute atomic E-state index is 11.8. The summed E-state index contributed by atoms with van der Waals surface area (Å²) in [5.74, 6) is 0. The minimum Gasteiger partial charge on any atom is -0.294 e.